The van der Waals surface area contributed by atoms with Gasteiger partial charge in [0.25, 0.3) is 0 Å². The van der Waals surface area contributed by atoms with Crippen LogP contribution in [0.5, 0.6) is 0 Å². The van der Waals surface area contributed by atoms with Crippen molar-refractivity contribution in [3.8, 4) is 0 Å². The predicted octanol–water partition coefficient (Wildman–Crippen LogP) is 3.31. The molecule has 1 aliphatic rings. The summed E-state index contributed by atoms with van der Waals surface area (Å²) in [6, 6.07) is 17.6. The van der Waals surface area contributed by atoms with E-state index in [1.54, 1.807) is 0 Å². The summed E-state index contributed by atoms with van der Waals surface area (Å²) in [5.41, 5.74) is 11.4. The van der Waals surface area contributed by atoms with Gasteiger partial charge < -0.3 is 10.6 Å². The number of hydrogen-bond donors (Lipinski definition) is 1. The van der Waals surface area contributed by atoms with Crippen LogP contribution in [0.15, 0.2) is 48.5 Å². The Morgan fingerprint density at radius 2 is 1.45 bits per heavy atom. The van der Waals surface area contributed by atoms with Crippen LogP contribution in [-0.2, 0) is 12.8 Å². The van der Waals surface area contributed by atoms with E-state index >= 15 is 0 Å². The quantitative estimate of drug-likeness (QED) is 0.903. The van der Waals surface area contributed by atoms with Crippen LogP contribution in [0.3, 0.4) is 0 Å². The molecular formula is C18H22N2. The molecule has 0 bridgehead atoms. The Balaban J connectivity index is 1.76. The number of fused-ring (bicyclic) bond motifs is 1. The van der Waals surface area contributed by atoms with Crippen LogP contribution in [0.4, 0.5) is 5.69 Å². The SMILES string of the molecule is C[C@H](N)c1ccc(N2CCc3ccccc3CC2)cc1. The van der Waals surface area contributed by atoms with Gasteiger partial charge in [0.05, 0.1) is 0 Å². The third-order valence-corrected chi connectivity index (χ3v) is 4.20. The molecule has 1 atom stereocenters. The fourth-order valence-electron chi connectivity index (χ4n) is 2.91. The number of anilines is 1. The van der Waals surface area contributed by atoms with Gasteiger partial charge in [0, 0.05) is 24.8 Å². The molecule has 0 saturated carbocycles. The van der Waals surface area contributed by atoms with Crippen LogP contribution in [0.1, 0.15) is 29.7 Å². The molecule has 104 valence electrons. The van der Waals surface area contributed by atoms with Crippen LogP contribution >= 0.6 is 0 Å². The van der Waals surface area contributed by atoms with Gasteiger partial charge >= 0.3 is 0 Å². The second kappa shape index (κ2) is 5.68. The van der Waals surface area contributed by atoms with E-state index in [-0.39, 0.29) is 6.04 Å². The highest BCUT2D eigenvalue weighted by molar-refractivity contribution is 5.49. The van der Waals surface area contributed by atoms with Crippen LogP contribution in [-0.4, -0.2) is 13.1 Å². The Morgan fingerprint density at radius 1 is 0.900 bits per heavy atom. The van der Waals surface area contributed by atoms with Gasteiger partial charge in [-0.2, -0.15) is 0 Å². The lowest BCUT2D eigenvalue weighted by atomic mass is 10.0. The summed E-state index contributed by atoms with van der Waals surface area (Å²) in [7, 11) is 0. The van der Waals surface area contributed by atoms with Gasteiger partial charge in [-0.25, -0.2) is 0 Å². The minimum atomic E-state index is 0.109. The van der Waals surface area contributed by atoms with E-state index < -0.39 is 0 Å². The summed E-state index contributed by atoms with van der Waals surface area (Å²) in [4.78, 5) is 2.48. The Labute approximate surface area is 121 Å². The Bertz CT molecular complexity index is 545. The van der Waals surface area contributed by atoms with Gasteiger partial charge in [0.1, 0.15) is 0 Å². The van der Waals surface area contributed by atoms with Crippen LogP contribution < -0.4 is 10.6 Å². The fourth-order valence-corrected chi connectivity index (χ4v) is 2.91. The number of rotatable bonds is 2. The molecule has 2 nitrogen and oxygen atoms in total. The zero-order valence-electron chi connectivity index (χ0n) is 12.0. The number of nitrogens with two attached hydrogens (primary N) is 1. The molecule has 2 aromatic rings. The zero-order chi connectivity index (χ0) is 13.9. The normalized spacial score (nSPS) is 16.4. The molecular weight excluding hydrogens is 244 g/mol. The van der Waals surface area contributed by atoms with Crippen molar-refractivity contribution in [2.45, 2.75) is 25.8 Å². The third-order valence-electron chi connectivity index (χ3n) is 4.20. The van der Waals surface area contributed by atoms with E-state index in [1.165, 1.54) is 22.4 Å². The fraction of sp³-hybridized carbons (Fsp3) is 0.333. The van der Waals surface area contributed by atoms with Crippen molar-refractivity contribution in [2.75, 3.05) is 18.0 Å². The molecule has 0 spiro atoms. The van der Waals surface area contributed by atoms with Crippen LogP contribution in [0.2, 0.25) is 0 Å². The molecule has 2 N–H and O–H groups in total. The monoisotopic (exact) mass is 266 g/mol. The minimum Gasteiger partial charge on any atom is -0.371 e. The molecule has 0 fully saturated rings. The molecule has 2 heteroatoms. The molecule has 1 heterocycles. The van der Waals surface area contributed by atoms with Crippen molar-refractivity contribution in [3.63, 3.8) is 0 Å². The van der Waals surface area contributed by atoms with E-state index in [1.807, 2.05) is 6.92 Å². The first-order chi connectivity index (χ1) is 9.74. The minimum absolute atomic E-state index is 0.109. The molecule has 0 aromatic heterocycles. The maximum atomic E-state index is 5.91. The van der Waals surface area contributed by atoms with Gasteiger partial charge in [0.2, 0.25) is 0 Å². The van der Waals surface area contributed by atoms with Crippen LogP contribution in [0.25, 0.3) is 0 Å². The lowest BCUT2D eigenvalue weighted by Crippen LogP contribution is -2.25. The number of hydrogen-bond acceptors (Lipinski definition) is 2. The summed E-state index contributed by atoms with van der Waals surface area (Å²) in [6.07, 6.45) is 2.26. The first-order valence-electron chi connectivity index (χ1n) is 7.41. The maximum absolute atomic E-state index is 5.91. The van der Waals surface area contributed by atoms with Crippen molar-refractivity contribution in [1.29, 1.82) is 0 Å². The summed E-state index contributed by atoms with van der Waals surface area (Å²) in [5, 5.41) is 0. The Hall–Kier alpha value is -1.80. The average molecular weight is 266 g/mol. The first kappa shape index (κ1) is 13.2. The topological polar surface area (TPSA) is 29.3 Å². The van der Waals surface area contributed by atoms with Gasteiger partial charge in [0.15, 0.2) is 0 Å². The molecule has 3 rings (SSSR count). The molecule has 0 saturated heterocycles. The highest BCUT2D eigenvalue weighted by Crippen LogP contribution is 2.22. The molecule has 2 aromatic carbocycles. The highest BCUT2D eigenvalue weighted by atomic mass is 15.1. The standard InChI is InChI=1S/C18H22N2/c1-14(19)15-6-8-18(9-7-15)20-12-10-16-4-2-3-5-17(16)11-13-20/h2-9,14H,10-13,19H2,1H3/t14-/m0/s1. The lowest BCUT2D eigenvalue weighted by molar-refractivity contribution is 0.798. The molecule has 0 radical (unpaired) electrons. The van der Waals surface area contributed by atoms with E-state index in [0.717, 1.165) is 25.9 Å². The third kappa shape index (κ3) is 2.70. The summed E-state index contributed by atoms with van der Waals surface area (Å²) >= 11 is 0. The second-order valence-electron chi connectivity index (χ2n) is 5.64. The smallest absolute Gasteiger partial charge is 0.0366 e. The van der Waals surface area contributed by atoms with Crippen molar-refractivity contribution in [3.05, 3.63) is 65.2 Å². The van der Waals surface area contributed by atoms with Gasteiger partial charge in [-0.15, -0.1) is 0 Å². The Kier molecular flexibility index (Phi) is 3.75. The molecule has 1 aliphatic heterocycles. The second-order valence-corrected chi connectivity index (χ2v) is 5.64. The Morgan fingerprint density at radius 3 is 1.95 bits per heavy atom. The predicted molar refractivity (Wildman–Crippen MR) is 85.1 cm³/mol. The number of nitrogens with zero attached hydrogens (tertiary/aromatic N) is 1. The molecule has 0 unspecified atom stereocenters. The van der Waals surface area contributed by atoms with Crippen molar-refractivity contribution in [1.82, 2.24) is 0 Å². The molecule has 0 aliphatic carbocycles. The van der Waals surface area contributed by atoms with Gasteiger partial charge in [-0.05, 0) is 48.6 Å². The molecule has 20 heavy (non-hydrogen) atoms. The maximum Gasteiger partial charge on any atom is 0.0366 e. The summed E-state index contributed by atoms with van der Waals surface area (Å²) in [6.45, 7) is 4.21. The summed E-state index contributed by atoms with van der Waals surface area (Å²) < 4.78 is 0. The van der Waals surface area contributed by atoms with Gasteiger partial charge in [-0.1, -0.05) is 36.4 Å². The highest BCUT2D eigenvalue weighted by Gasteiger charge is 2.13. The van der Waals surface area contributed by atoms with Crippen molar-refractivity contribution in [2.24, 2.45) is 5.73 Å². The van der Waals surface area contributed by atoms with Crippen LogP contribution in [0, 0.1) is 0 Å². The van der Waals surface area contributed by atoms with Gasteiger partial charge in [-0.3, -0.25) is 0 Å². The first-order valence-corrected chi connectivity index (χ1v) is 7.41. The van der Waals surface area contributed by atoms with Crippen molar-refractivity contribution < 1.29 is 0 Å². The van der Waals surface area contributed by atoms with E-state index in [0.29, 0.717) is 0 Å². The zero-order valence-corrected chi connectivity index (χ0v) is 12.0. The summed E-state index contributed by atoms with van der Waals surface area (Å²) in [5.74, 6) is 0. The molecule has 0 amide bonds. The average Bonchev–Trinajstić information content (AvgIpc) is 2.70. The largest absolute Gasteiger partial charge is 0.371 e. The lowest BCUT2D eigenvalue weighted by Gasteiger charge is -2.23. The van der Waals surface area contributed by atoms with E-state index in [9.17, 15) is 0 Å². The van der Waals surface area contributed by atoms with E-state index in [4.69, 9.17) is 5.73 Å². The number of benzene rings is 2. The van der Waals surface area contributed by atoms with E-state index in [2.05, 4.69) is 53.4 Å². The van der Waals surface area contributed by atoms with Crippen molar-refractivity contribution >= 4 is 5.69 Å².